The lowest BCUT2D eigenvalue weighted by atomic mass is 9.95. The molecule has 0 spiro atoms. The van der Waals surface area contributed by atoms with Crippen LogP contribution in [-0.2, 0) is 28.5 Å². The summed E-state index contributed by atoms with van der Waals surface area (Å²) in [4.78, 5) is 11.9. The summed E-state index contributed by atoms with van der Waals surface area (Å²) in [5, 5.41) is 89.6. The van der Waals surface area contributed by atoms with E-state index in [9.17, 15) is 50.8 Å². The summed E-state index contributed by atoms with van der Waals surface area (Å²) in [6, 6.07) is -2.82. The Kier molecular flexibility index (Phi) is 9.35. The molecule has 13 N–H and O–H groups in total. The van der Waals surface area contributed by atoms with E-state index >= 15 is 0 Å². The second-order valence-corrected chi connectivity index (χ2v) is 8.55. The van der Waals surface area contributed by atoms with E-state index in [1.165, 1.54) is 0 Å². The average molecular weight is 516 g/mol. The van der Waals surface area contributed by atoms with Crippen LogP contribution in [0.4, 0.5) is 0 Å². The largest absolute Gasteiger partial charge is 0.479 e. The van der Waals surface area contributed by atoms with Gasteiger partial charge in [-0.15, -0.1) is 0 Å². The molecule has 0 aliphatic carbocycles. The standard InChI is InChI=1S/C18H32N2O15/c19-5-9(25)12(4(2-22)31-16(5)30)33-18-11(27)10(26)13(14(35-18)15(28)29)34-17-6(20)8(24)7(23)3(1-21)32-17/h3-14,16-18,21-27,30H,1-2,19-20H2,(H,28,29)/t3-,4-,5-,6-,7-,8-,9-,10-,11-,12-,13+,14-,16?,17-,18-/m1/s1. The molecule has 3 fully saturated rings. The summed E-state index contributed by atoms with van der Waals surface area (Å²) < 4.78 is 26.4. The van der Waals surface area contributed by atoms with Crippen LogP contribution in [0, 0.1) is 0 Å². The van der Waals surface area contributed by atoms with Crippen LogP contribution in [0.15, 0.2) is 0 Å². The van der Waals surface area contributed by atoms with Crippen LogP contribution in [0.5, 0.6) is 0 Å². The molecule has 15 atom stereocenters. The van der Waals surface area contributed by atoms with Crippen molar-refractivity contribution in [3.05, 3.63) is 0 Å². The number of carboxylic acid groups (broad SMARTS) is 1. The van der Waals surface area contributed by atoms with E-state index < -0.39 is 111 Å². The Morgan fingerprint density at radius 2 is 1.29 bits per heavy atom. The van der Waals surface area contributed by atoms with Gasteiger partial charge in [0.25, 0.3) is 0 Å². The summed E-state index contributed by atoms with van der Waals surface area (Å²) in [5.41, 5.74) is 11.4. The van der Waals surface area contributed by atoms with Crippen molar-refractivity contribution in [3.8, 4) is 0 Å². The van der Waals surface area contributed by atoms with Crippen molar-refractivity contribution in [2.45, 2.75) is 92.0 Å². The molecule has 3 aliphatic heterocycles. The summed E-state index contributed by atoms with van der Waals surface area (Å²) in [5.74, 6) is -1.68. The fourth-order valence-electron chi connectivity index (χ4n) is 4.11. The zero-order chi connectivity index (χ0) is 26.2. The molecular weight excluding hydrogens is 484 g/mol. The topological polar surface area (TPSA) is 297 Å². The highest BCUT2D eigenvalue weighted by molar-refractivity contribution is 5.73. The molecule has 0 amide bonds. The fraction of sp³-hybridized carbons (Fsp3) is 0.944. The number of nitrogens with two attached hydrogens (primary N) is 2. The van der Waals surface area contributed by atoms with Gasteiger partial charge in [-0.3, -0.25) is 0 Å². The van der Waals surface area contributed by atoms with Crippen LogP contribution in [0.1, 0.15) is 0 Å². The van der Waals surface area contributed by atoms with Gasteiger partial charge in [0.2, 0.25) is 0 Å². The molecule has 17 nitrogen and oxygen atoms in total. The number of carboxylic acids is 1. The minimum Gasteiger partial charge on any atom is -0.479 e. The predicted octanol–water partition coefficient (Wildman–Crippen LogP) is -7.55. The summed E-state index contributed by atoms with van der Waals surface area (Å²) >= 11 is 0. The number of ether oxygens (including phenoxy) is 5. The summed E-state index contributed by atoms with van der Waals surface area (Å²) in [7, 11) is 0. The van der Waals surface area contributed by atoms with E-state index in [1.54, 1.807) is 0 Å². The smallest absolute Gasteiger partial charge is 0.335 e. The van der Waals surface area contributed by atoms with Gasteiger partial charge >= 0.3 is 5.97 Å². The Morgan fingerprint density at radius 1 is 0.686 bits per heavy atom. The van der Waals surface area contributed by atoms with E-state index in [2.05, 4.69) is 0 Å². The summed E-state index contributed by atoms with van der Waals surface area (Å²) in [6.45, 7) is -1.51. The molecule has 3 heterocycles. The number of hydrogen-bond donors (Lipinski definition) is 11. The lowest BCUT2D eigenvalue weighted by molar-refractivity contribution is -0.359. The predicted molar refractivity (Wildman–Crippen MR) is 106 cm³/mol. The van der Waals surface area contributed by atoms with Crippen LogP contribution in [0.25, 0.3) is 0 Å². The second kappa shape index (κ2) is 11.5. The molecule has 0 aromatic rings. The van der Waals surface area contributed by atoms with Crippen molar-refractivity contribution in [1.29, 1.82) is 0 Å². The first-order valence-electron chi connectivity index (χ1n) is 10.7. The van der Waals surface area contributed by atoms with Crippen molar-refractivity contribution in [2.75, 3.05) is 13.2 Å². The van der Waals surface area contributed by atoms with Crippen molar-refractivity contribution in [3.63, 3.8) is 0 Å². The number of aliphatic carboxylic acids is 1. The van der Waals surface area contributed by atoms with Gasteiger partial charge in [-0.05, 0) is 0 Å². The van der Waals surface area contributed by atoms with Gasteiger partial charge in [0, 0.05) is 0 Å². The molecule has 3 rings (SSSR count). The lowest BCUT2D eigenvalue weighted by Crippen LogP contribution is -2.68. The Morgan fingerprint density at radius 3 is 1.86 bits per heavy atom. The number of carbonyl (C=O) groups is 1. The van der Waals surface area contributed by atoms with Crippen LogP contribution in [0.2, 0.25) is 0 Å². The number of aliphatic hydroxyl groups excluding tert-OH is 8. The first-order valence-corrected chi connectivity index (χ1v) is 10.7. The third-order valence-corrected chi connectivity index (χ3v) is 6.22. The minimum atomic E-state index is -2.02. The van der Waals surface area contributed by atoms with Gasteiger partial charge < -0.3 is 81.1 Å². The molecule has 0 aromatic carbocycles. The molecule has 0 saturated carbocycles. The number of aliphatic hydroxyl groups is 8. The van der Waals surface area contributed by atoms with Gasteiger partial charge in [0.1, 0.15) is 54.9 Å². The van der Waals surface area contributed by atoms with E-state index in [-0.39, 0.29) is 0 Å². The average Bonchev–Trinajstić information content (AvgIpc) is 2.83. The highest BCUT2D eigenvalue weighted by Crippen LogP contribution is 2.31. The van der Waals surface area contributed by atoms with Gasteiger partial charge in [0.15, 0.2) is 25.0 Å². The van der Waals surface area contributed by atoms with Crippen LogP contribution in [-0.4, -0.2) is 157 Å². The highest BCUT2D eigenvalue weighted by Gasteiger charge is 2.54. The number of hydrogen-bond acceptors (Lipinski definition) is 16. The molecule has 0 bridgehead atoms. The molecule has 3 saturated heterocycles. The maximum absolute atomic E-state index is 11.9. The Balaban J connectivity index is 1.77. The zero-order valence-electron chi connectivity index (χ0n) is 18.2. The Bertz CT molecular complexity index is 715. The van der Waals surface area contributed by atoms with Gasteiger partial charge in [-0.2, -0.15) is 0 Å². The van der Waals surface area contributed by atoms with Crippen molar-refractivity contribution >= 4 is 5.97 Å². The maximum Gasteiger partial charge on any atom is 0.335 e. The third kappa shape index (κ3) is 5.59. The van der Waals surface area contributed by atoms with E-state index in [1.807, 2.05) is 0 Å². The molecule has 0 radical (unpaired) electrons. The van der Waals surface area contributed by atoms with E-state index in [0.717, 1.165) is 0 Å². The molecule has 1 unspecified atom stereocenters. The normalized spacial score (nSPS) is 51.2. The van der Waals surface area contributed by atoms with Crippen LogP contribution in [0.3, 0.4) is 0 Å². The zero-order valence-corrected chi connectivity index (χ0v) is 18.2. The molecule has 3 aliphatic rings. The maximum atomic E-state index is 11.9. The first-order chi connectivity index (χ1) is 16.4. The fourth-order valence-corrected chi connectivity index (χ4v) is 4.11. The van der Waals surface area contributed by atoms with Crippen molar-refractivity contribution < 1.29 is 74.4 Å². The van der Waals surface area contributed by atoms with Crippen molar-refractivity contribution in [1.82, 2.24) is 0 Å². The van der Waals surface area contributed by atoms with Gasteiger partial charge in [-0.1, -0.05) is 0 Å². The van der Waals surface area contributed by atoms with Crippen molar-refractivity contribution in [2.24, 2.45) is 11.5 Å². The summed E-state index contributed by atoms with van der Waals surface area (Å²) in [6.07, 6.45) is -22.1. The molecule has 204 valence electrons. The quantitative estimate of drug-likeness (QED) is 0.150. The van der Waals surface area contributed by atoms with Gasteiger partial charge in [-0.25, -0.2) is 4.79 Å². The molecule has 35 heavy (non-hydrogen) atoms. The monoisotopic (exact) mass is 516 g/mol. The third-order valence-electron chi connectivity index (χ3n) is 6.22. The lowest BCUT2D eigenvalue weighted by Gasteiger charge is -2.47. The molecule has 0 aromatic heterocycles. The first kappa shape index (κ1) is 28.4. The Labute approximate surface area is 197 Å². The molecule has 17 heteroatoms. The second-order valence-electron chi connectivity index (χ2n) is 8.55. The Hall–Kier alpha value is -1.13. The number of rotatable bonds is 7. The van der Waals surface area contributed by atoms with E-state index in [0.29, 0.717) is 0 Å². The van der Waals surface area contributed by atoms with Gasteiger partial charge in [0.05, 0.1) is 25.3 Å². The highest BCUT2D eigenvalue weighted by atomic mass is 16.7. The van der Waals surface area contributed by atoms with Crippen LogP contribution < -0.4 is 11.5 Å². The van der Waals surface area contributed by atoms with E-state index in [4.69, 9.17) is 35.2 Å². The SMILES string of the molecule is N[C@H]1[C@@H](O[C@H]2[C@H](O)[C@@H](O)[C@H](O[C@H]3[C@H](O)[C@@H](N)C(O)O[C@@H]3CO)O[C@H]2C(=O)O)O[C@H](CO)[C@@H](O)[C@@H]1O. The van der Waals surface area contributed by atoms with Crippen LogP contribution >= 0.6 is 0 Å². The molecular formula is C18H32N2O15. The minimum absolute atomic E-state index is 0.746.